The Morgan fingerprint density at radius 3 is 2.33 bits per heavy atom. The van der Waals surface area contributed by atoms with Gasteiger partial charge < -0.3 is 15.5 Å². The maximum atomic E-state index is 12.5. The summed E-state index contributed by atoms with van der Waals surface area (Å²) in [6.45, 7) is 4.50. The van der Waals surface area contributed by atoms with Gasteiger partial charge >= 0.3 is 0 Å². The van der Waals surface area contributed by atoms with Crippen molar-refractivity contribution < 1.29 is 9.59 Å². The average molecular weight is 409 g/mol. The SMILES string of the molecule is Cc1ccccc1C(=O)NC1CCN(CC(=O)NCc2ccc(N(C)C)cc2)CC1. The first-order chi connectivity index (χ1) is 14.4. The van der Waals surface area contributed by atoms with Crippen molar-refractivity contribution in [2.45, 2.75) is 32.4 Å². The Kier molecular flexibility index (Phi) is 7.46. The number of rotatable bonds is 7. The molecule has 1 heterocycles. The van der Waals surface area contributed by atoms with Gasteiger partial charge in [0.15, 0.2) is 0 Å². The lowest BCUT2D eigenvalue weighted by atomic mass is 10.0. The largest absolute Gasteiger partial charge is 0.378 e. The third-order valence-electron chi connectivity index (χ3n) is 5.62. The van der Waals surface area contributed by atoms with Gasteiger partial charge in [-0.05, 0) is 49.1 Å². The fourth-order valence-corrected chi connectivity index (χ4v) is 3.70. The number of nitrogens with one attached hydrogen (secondary N) is 2. The second kappa shape index (κ2) is 10.3. The number of carbonyl (C=O) groups excluding carboxylic acids is 2. The minimum atomic E-state index is -0.00965. The summed E-state index contributed by atoms with van der Waals surface area (Å²) < 4.78 is 0. The Hall–Kier alpha value is -2.86. The van der Waals surface area contributed by atoms with Gasteiger partial charge in [-0.15, -0.1) is 0 Å². The van der Waals surface area contributed by atoms with Crippen molar-refractivity contribution in [3.05, 3.63) is 65.2 Å². The van der Waals surface area contributed by atoms with Gasteiger partial charge in [-0.2, -0.15) is 0 Å². The van der Waals surface area contributed by atoms with Gasteiger partial charge in [0.25, 0.3) is 5.91 Å². The molecule has 2 aromatic carbocycles. The highest BCUT2D eigenvalue weighted by Gasteiger charge is 2.22. The maximum absolute atomic E-state index is 12.5. The van der Waals surface area contributed by atoms with Crippen LogP contribution in [0.15, 0.2) is 48.5 Å². The molecule has 0 atom stereocenters. The lowest BCUT2D eigenvalue weighted by molar-refractivity contribution is -0.122. The fourth-order valence-electron chi connectivity index (χ4n) is 3.70. The first kappa shape index (κ1) is 21.8. The van der Waals surface area contributed by atoms with Gasteiger partial charge in [0, 0.05) is 51.0 Å². The minimum Gasteiger partial charge on any atom is -0.378 e. The van der Waals surface area contributed by atoms with Crippen molar-refractivity contribution in [1.29, 1.82) is 0 Å². The molecule has 1 fully saturated rings. The molecule has 2 aromatic rings. The van der Waals surface area contributed by atoms with E-state index in [1.165, 1.54) is 0 Å². The van der Waals surface area contributed by atoms with E-state index in [9.17, 15) is 9.59 Å². The lowest BCUT2D eigenvalue weighted by Crippen LogP contribution is -2.47. The third-order valence-corrected chi connectivity index (χ3v) is 5.62. The molecule has 1 aliphatic heterocycles. The van der Waals surface area contributed by atoms with Gasteiger partial charge in [0.1, 0.15) is 0 Å². The quantitative estimate of drug-likeness (QED) is 0.739. The van der Waals surface area contributed by atoms with Crippen LogP contribution in [0.5, 0.6) is 0 Å². The van der Waals surface area contributed by atoms with Gasteiger partial charge in [-0.1, -0.05) is 30.3 Å². The van der Waals surface area contributed by atoms with E-state index in [0.717, 1.165) is 48.3 Å². The van der Waals surface area contributed by atoms with Crippen LogP contribution >= 0.6 is 0 Å². The second-order valence-corrected chi connectivity index (χ2v) is 8.18. The summed E-state index contributed by atoms with van der Waals surface area (Å²) in [5.41, 5.74) is 3.95. The number of hydrogen-bond acceptors (Lipinski definition) is 4. The van der Waals surface area contributed by atoms with Crippen molar-refractivity contribution in [2.24, 2.45) is 0 Å². The molecule has 0 unspecified atom stereocenters. The molecule has 0 spiro atoms. The average Bonchev–Trinajstić information content (AvgIpc) is 2.74. The third kappa shape index (κ3) is 6.07. The molecule has 2 amide bonds. The van der Waals surface area contributed by atoms with Crippen LogP contribution < -0.4 is 15.5 Å². The number of hydrogen-bond donors (Lipinski definition) is 2. The first-order valence-corrected chi connectivity index (χ1v) is 10.5. The van der Waals surface area contributed by atoms with Crippen LogP contribution in [0.1, 0.15) is 34.3 Å². The molecule has 0 aromatic heterocycles. The van der Waals surface area contributed by atoms with Gasteiger partial charge in [-0.25, -0.2) is 0 Å². The summed E-state index contributed by atoms with van der Waals surface area (Å²) in [7, 11) is 4.02. The zero-order valence-corrected chi connectivity index (χ0v) is 18.1. The van der Waals surface area contributed by atoms with Gasteiger partial charge in [0.05, 0.1) is 6.54 Å². The summed E-state index contributed by atoms with van der Waals surface area (Å²) in [5.74, 6) is 0.0265. The molecule has 30 heavy (non-hydrogen) atoms. The maximum Gasteiger partial charge on any atom is 0.251 e. The topological polar surface area (TPSA) is 64.7 Å². The number of anilines is 1. The van der Waals surface area contributed by atoms with E-state index in [1.807, 2.05) is 57.4 Å². The van der Waals surface area contributed by atoms with E-state index in [4.69, 9.17) is 0 Å². The highest BCUT2D eigenvalue weighted by atomic mass is 16.2. The van der Waals surface area contributed by atoms with Crippen molar-refractivity contribution in [2.75, 3.05) is 38.6 Å². The van der Waals surface area contributed by atoms with Crippen LogP contribution in [-0.4, -0.2) is 56.5 Å². The molecule has 0 bridgehead atoms. The molecular formula is C24H32N4O2. The summed E-state index contributed by atoms with van der Waals surface area (Å²) in [5, 5.41) is 6.14. The highest BCUT2D eigenvalue weighted by molar-refractivity contribution is 5.95. The Morgan fingerprint density at radius 1 is 1.03 bits per heavy atom. The summed E-state index contributed by atoms with van der Waals surface area (Å²) in [4.78, 5) is 29.0. The number of likely N-dealkylation sites (tertiary alicyclic amines) is 1. The van der Waals surface area contributed by atoms with Crippen LogP contribution in [0, 0.1) is 6.92 Å². The standard InChI is InChI=1S/C24H32N4O2/c1-18-6-4-5-7-22(18)24(30)26-20-12-14-28(15-13-20)17-23(29)25-16-19-8-10-21(11-9-19)27(2)3/h4-11,20H,12-17H2,1-3H3,(H,25,29)(H,26,30). The fraction of sp³-hybridized carbons (Fsp3) is 0.417. The highest BCUT2D eigenvalue weighted by Crippen LogP contribution is 2.14. The Balaban J connectivity index is 1.38. The zero-order chi connectivity index (χ0) is 21.5. The van der Waals surface area contributed by atoms with Crippen LogP contribution in [0.25, 0.3) is 0 Å². The van der Waals surface area contributed by atoms with E-state index < -0.39 is 0 Å². The number of amides is 2. The molecule has 160 valence electrons. The molecule has 1 aliphatic rings. The van der Waals surface area contributed by atoms with Crippen LogP contribution in [0.4, 0.5) is 5.69 Å². The Labute approximate surface area is 179 Å². The predicted molar refractivity (Wildman–Crippen MR) is 121 cm³/mol. The van der Waals surface area contributed by atoms with E-state index in [-0.39, 0.29) is 17.9 Å². The number of piperidine rings is 1. The molecule has 0 saturated carbocycles. The van der Waals surface area contributed by atoms with E-state index in [2.05, 4.69) is 32.6 Å². The molecule has 3 rings (SSSR count). The Morgan fingerprint density at radius 2 is 1.70 bits per heavy atom. The number of benzene rings is 2. The van der Waals surface area contributed by atoms with Crippen LogP contribution in [0.2, 0.25) is 0 Å². The molecule has 2 N–H and O–H groups in total. The van der Waals surface area contributed by atoms with E-state index in [1.54, 1.807) is 0 Å². The Bertz CT molecular complexity index is 856. The van der Waals surface area contributed by atoms with Gasteiger partial charge in [0.2, 0.25) is 5.91 Å². The van der Waals surface area contributed by atoms with Crippen LogP contribution in [0.3, 0.4) is 0 Å². The molecule has 1 saturated heterocycles. The smallest absolute Gasteiger partial charge is 0.251 e. The second-order valence-electron chi connectivity index (χ2n) is 8.18. The van der Waals surface area contributed by atoms with E-state index >= 15 is 0 Å². The predicted octanol–water partition coefficient (Wildman–Crippen LogP) is 2.57. The minimum absolute atomic E-state index is 0.00965. The number of aryl methyl sites for hydroxylation is 1. The molecule has 0 aliphatic carbocycles. The summed E-state index contributed by atoms with van der Waals surface area (Å²) in [6.07, 6.45) is 1.72. The van der Waals surface area contributed by atoms with Crippen molar-refractivity contribution in [1.82, 2.24) is 15.5 Å². The molecule has 6 nitrogen and oxygen atoms in total. The van der Waals surface area contributed by atoms with Crippen molar-refractivity contribution >= 4 is 17.5 Å². The molecule has 6 heteroatoms. The zero-order valence-electron chi connectivity index (χ0n) is 18.1. The summed E-state index contributed by atoms with van der Waals surface area (Å²) >= 11 is 0. The number of nitrogens with zero attached hydrogens (tertiary/aromatic N) is 2. The van der Waals surface area contributed by atoms with E-state index in [0.29, 0.717) is 13.1 Å². The lowest BCUT2D eigenvalue weighted by Gasteiger charge is -2.32. The number of carbonyl (C=O) groups is 2. The first-order valence-electron chi connectivity index (χ1n) is 10.5. The molecule has 0 radical (unpaired) electrons. The van der Waals surface area contributed by atoms with Crippen molar-refractivity contribution in [3.63, 3.8) is 0 Å². The summed E-state index contributed by atoms with van der Waals surface area (Å²) in [6, 6.07) is 16.0. The molecular weight excluding hydrogens is 376 g/mol. The monoisotopic (exact) mass is 408 g/mol. The normalized spacial score (nSPS) is 14.9. The van der Waals surface area contributed by atoms with Crippen molar-refractivity contribution in [3.8, 4) is 0 Å². The van der Waals surface area contributed by atoms with Gasteiger partial charge in [-0.3, -0.25) is 14.5 Å². The van der Waals surface area contributed by atoms with Crippen LogP contribution in [-0.2, 0) is 11.3 Å².